The van der Waals surface area contributed by atoms with Crippen molar-refractivity contribution in [3.8, 4) is 5.88 Å². The Kier molecular flexibility index (Phi) is 14.6. The van der Waals surface area contributed by atoms with Crippen molar-refractivity contribution in [3.05, 3.63) is 126 Å². The topological polar surface area (TPSA) is 161 Å². The van der Waals surface area contributed by atoms with Gasteiger partial charge in [0.15, 0.2) is 0 Å². The number of alkyl carbamates (subject to hydrolysis) is 2. The number of hydrogen-bond acceptors (Lipinski definition) is 9. The number of aromatic nitrogens is 2. The number of hydrogen-bond donors (Lipinski definition) is 4. The SMILES string of the molecule is COc1ccc(COC(=O)N[C@H](C(=O)N[C@@H](Cc2ccccc2)[C@@H](O)C[C@H](Cc2ccccc2)NC(=O)OCc2cccnc2)C(C)C)cn1. The van der Waals surface area contributed by atoms with E-state index in [2.05, 4.69) is 25.9 Å². The molecule has 4 N–H and O–H groups in total. The van der Waals surface area contributed by atoms with Gasteiger partial charge in [-0.25, -0.2) is 14.6 Å². The van der Waals surface area contributed by atoms with Crippen LogP contribution in [0.2, 0.25) is 0 Å². The van der Waals surface area contributed by atoms with Crippen LogP contribution >= 0.6 is 0 Å². The first kappa shape index (κ1) is 37.3. The fourth-order valence-corrected chi connectivity index (χ4v) is 5.28. The zero-order valence-electron chi connectivity index (χ0n) is 28.5. The summed E-state index contributed by atoms with van der Waals surface area (Å²) in [5.74, 6) is -0.349. The molecule has 0 saturated heterocycles. The van der Waals surface area contributed by atoms with Crippen LogP contribution in [0.1, 0.15) is 42.5 Å². The van der Waals surface area contributed by atoms with E-state index in [0.29, 0.717) is 24.3 Å². The van der Waals surface area contributed by atoms with Gasteiger partial charge in [0.25, 0.3) is 0 Å². The summed E-state index contributed by atoms with van der Waals surface area (Å²) in [6, 6.07) is 23.7. The van der Waals surface area contributed by atoms with E-state index in [1.165, 1.54) is 13.3 Å². The van der Waals surface area contributed by atoms with Gasteiger partial charge >= 0.3 is 12.2 Å². The average Bonchev–Trinajstić information content (AvgIpc) is 3.13. The van der Waals surface area contributed by atoms with Crippen molar-refractivity contribution in [2.75, 3.05) is 7.11 Å². The Labute approximate surface area is 292 Å². The summed E-state index contributed by atoms with van der Waals surface area (Å²) in [5.41, 5.74) is 3.23. The number of carbonyl (C=O) groups excluding carboxylic acids is 3. The molecule has 264 valence electrons. The van der Waals surface area contributed by atoms with E-state index in [9.17, 15) is 19.5 Å². The van der Waals surface area contributed by atoms with Crippen LogP contribution in [0.4, 0.5) is 9.59 Å². The van der Waals surface area contributed by atoms with Crippen LogP contribution in [0.15, 0.2) is 104 Å². The van der Waals surface area contributed by atoms with Gasteiger partial charge in [-0.2, -0.15) is 0 Å². The Morgan fingerprint density at radius 2 is 1.32 bits per heavy atom. The molecule has 0 spiro atoms. The standard InChI is InChI=1S/C38H45N5O7/c1-26(2)35(43-38(47)50-25-30-16-17-34(48-3)40-23-30)36(45)42-32(20-28-13-8-5-9-14-28)33(44)21-31(19-27-11-6-4-7-12-27)41-37(46)49-24-29-15-10-18-39-22-29/h4-18,22-23,26,31-33,35,44H,19-21,24-25H2,1-3H3,(H,41,46)(H,42,45)(H,43,47)/t31-,32-,33-,35-/m0/s1. The molecular formula is C38H45N5O7. The third-order valence-corrected chi connectivity index (χ3v) is 7.96. The summed E-state index contributed by atoms with van der Waals surface area (Å²) < 4.78 is 15.9. The van der Waals surface area contributed by atoms with Crippen LogP contribution in [-0.2, 0) is 40.3 Å². The molecule has 0 fully saturated rings. The number of benzene rings is 2. The predicted molar refractivity (Wildman–Crippen MR) is 187 cm³/mol. The first-order valence-corrected chi connectivity index (χ1v) is 16.5. The van der Waals surface area contributed by atoms with Gasteiger partial charge in [0, 0.05) is 41.8 Å². The Morgan fingerprint density at radius 3 is 1.88 bits per heavy atom. The maximum absolute atomic E-state index is 13.7. The largest absolute Gasteiger partial charge is 0.481 e. The molecule has 2 aromatic heterocycles. The van der Waals surface area contributed by atoms with E-state index in [4.69, 9.17) is 14.2 Å². The zero-order valence-corrected chi connectivity index (χ0v) is 28.5. The quantitative estimate of drug-likeness (QED) is 0.123. The van der Waals surface area contributed by atoms with Crippen molar-refractivity contribution in [1.82, 2.24) is 25.9 Å². The molecule has 12 heteroatoms. The normalized spacial score (nSPS) is 13.3. The van der Waals surface area contributed by atoms with Crippen molar-refractivity contribution in [2.45, 2.75) is 70.6 Å². The second kappa shape index (κ2) is 19.5. The molecule has 4 rings (SSSR count). The third kappa shape index (κ3) is 12.5. The highest BCUT2D eigenvalue weighted by Crippen LogP contribution is 2.16. The lowest BCUT2D eigenvalue weighted by molar-refractivity contribution is -0.125. The lowest BCUT2D eigenvalue weighted by Gasteiger charge is -2.30. The number of aliphatic hydroxyl groups excluding tert-OH is 1. The molecule has 3 amide bonds. The number of amides is 3. The van der Waals surface area contributed by atoms with Gasteiger partial charge in [0.1, 0.15) is 19.3 Å². The molecule has 50 heavy (non-hydrogen) atoms. The molecule has 2 aromatic carbocycles. The first-order chi connectivity index (χ1) is 24.2. The minimum atomic E-state index is -1.09. The number of carbonyl (C=O) groups is 3. The van der Waals surface area contributed by atoms with Gasteiger partial charge in [0.05, 0.1) is 19.3 Å². The Bertz CT molecular complexity index is 1610. The average molecular weight is 684 g/mol. The molecule has 0 aliphatic carbocycles. The van der Waals surface area contributed by atoms with E-state index >= 15 is 0 Å². The highest BCUT2D eigenvalue weighted by Gasteiger charge is 2.31. The van der Waals surface area contributed by atoms with Gasteiger partial charge in [0.2, 0.25) is 11.8 Å². The molecule has 4 aromatic rings. The lowest BCUT2D eigenvalue weighted by atomic mass is 9.93. The molecule has 0 radical (unpaired) electrons. The van der Waals surface area contributed by atoms with Gasteiger partial charge in [-0.3, -0.25) is 9.78 Å². The summed E-state index contributed by atoms with van der Waals surface area (Å²) in [6.07, 6.45) is 3.11. The van der Waals surface area contributed by atoms with Crippen molar-refractivity contribution < 1.29 is 33.7 Å². The number of nitrogens with zero attached hydrogens (tertiary/aromatic N) is 2. The number of pyridine rings is 2. The second-order valence-electron chi connectivity index (χ2n) is 12.2. The third-order valence-electron chi connectivity index (χ3n) is 7.96. The first-order valence-electron chi connectivity index (χ1n) is 16.5. The highest BCUT2D eigenvalue weighted by atomic mass is 16.6. The molecule has 0 unspecified atom stereocenters. The minimum absolute atomic E-state index is 0.0377. The highest BCUT2D eigenvalue weighted by molar-refractivity contribution is 5.86. The molecule has 0 aliphatic heterocycles. The summed E-state index contributed by atoms with van der Waals surface area (Å²) in [6.45, 7) is 3.59. The van der Waals surface area contributed by atoms with Crippen LogP contribution in [0.25, 0.3) is 0 Å². The molecule has 4 atom stereocenters. The van der Waals surface area contributed by atoms with Crippen LogP contribution in [0.3, 0.4) is 0 Å². The van der Waals surface area contributed by atoms with E-state index in [1.54, 1.807) is 50.5 Å². The van der Waals surface area contributed by atoms with E-state index in [-0.39, 0.29) is 25.6 Å². The fourth-order valence-electron chi connectivity index (χ4n) is 5.28. The monoisotopic (exact) mass is 683 g/mol. The smallest absolute Gasteiger partial charge is 0.408 e. The molecule has 0 saturated carbocycles. The molecule has 0 bridgehead atoms. The summed E-state index contributed by atoms with van der Waals surface area (Å²) in [7, 11) is 1.51. The second-order valence-corrected chi connectivity index (χ2v) is 12.2. The Balaban J connectivity index is 1.45. The van der Waals surface area contributed by atoms with Crippen molar-refractivity contribution in [2.24, 2.45) is 5.92 Å². The predicted octanol–water partition coefficient (Wildman–Crippen LogP) is 4.75. The van der Waals surface area contributed by atoms with Gasteiger partial charge in [-0.1, -0.05) is 80.6 Å². The van der Waals surface area contributed by atoms with Gasteiger partial charge < -0.3 is 35.3 Å². The van der Waals surface area contributed by atoms with Crippen molar-refractivity contribution >= 4 is 18.1 Å². The lowest BCUT2D eigenvalue weighted by Crippen LogP contribution is -2.56. The molecular weight excluding hydrogens is 638 g/mol. The Morgan fingerprint density at radius 1 is 0.720 bits per heavy atom. The van der Waals surface area contributed by atoms with Crippen LogP contribution in [0, 0.1) is 5.92 Å². The number of nitrogens with one attached hydrogen (secondary N) is 3. The number of rotatable bonds is 17. The maximum Gasteiger partial charge on any atom is 0.408 e. The van der Waals surface area contributed by atoms with E-state index in [1.807, 2.05) is 60.7 Å². The molecule has 0 aliphatic rings. The number of methoxy groups -OCH3 is 1. The molecule has 12 nitrogen and oxygen atoms in total. The van der Waals surface area contributed by atoms with E-state index < -0.39 is 42.3 Å². The van der Waals surface area contributed by atoms with Gasteiger partial charge in [-0.05, 0) is 48.4 Å². The molecule has 2 heterocycles. The maximum atomic E-state index is 13.7. The zero-order chi connectivity index (χ0) is 35.7. The number of ether oxygens (including phenoxy) is 3. The van der Waals surface area contributed by atoms with Crippen molar-refractivity contribution in [3.63, 3.8) is 0 Å². The number of aliphatic hydroxyl groups is 1. The summed E-state index contributed by atoms with van der Waals surface area (Å²) >= 11 is 0. The van der Waals surface area contributed by atoms with E-state index in [0.717, 1.165) is 16.7 Å². The van der Waals surface area contributed by atoms with Crippen LogP contribution in [-0.4, -0.2) is 64.5 Å². The van der Waals surface area contributed by atoms with Gasteiger partial charge in [-0.15, -0.1) is 0 Å². The minimum Gasteiger partial charge on any atom is -0.481 e. The van der Waals surface area contributed by atoms with Crippen LogP contribution in [0.5, 0.6) is 5.88 Å². The van der Waals surface area contributed by atoms with Crippen molar-refractivity contribution in [1.29, 1.82) is 0 Å². The van der Waals surface area contributed by atoms with Crippen LogP contribution < -0.4 is 20.7 Å². The Hall–Kier alpha value is -5.49. The summed E-state index contributed by atoms with van der Waals surface area (Å²) in [5, 5.41) is 20.2. The fraction of sp³-hybridized carbons (Fsp3) is 0.342. The summed E-state index contributed by atoms with van der Waals surface area (Å²) in [4.78, 5) is 47.6.